The summed E-state index contributed by atoms with van der Waals surface area (Å²) in [7, 11) is 7.44. The number of hydrogen-bond acceptors (Lipinski definition) is 4. The zero-order valence-corrected chi connectivity index (χ0v) is 15.4. The summed E-state index contributed by atoms with van der Waals surface area (Å²) in [6.45, 7) is 2.04. The summed E-state index contributed by atoms with van der Waals surface area (Å²) in [6.07, 6.45) is 0. The third kappa shape index (κ3) is 4.46. The first kappa shape index (κ1) is 18.2. The summed E-state index contributed by atoms with van der Waals surface area (Å²) >= 11 is 5.37. The summed E-state index contributed by atoms with van der Waals surface area (Å²) in [5.74, 6) is 0.760. The molecule has 2 aromatic rings. The maximum atomic E-state index is 12.4. The van der Waals surface area contributed by atoms with Crippen molar-refractivity contribution >= 4 is 28.2 Å². The fraction of sp³-hybridized carbons (Fsp3) is 0.412. The van der Waals surface area contributed by atoms with Gasteiger partial charge in [-0.15, -0.1) is 0 Å². The number of aromatic amines is 1. The van der Waals surface area contributed by atoms with Gasteiger partial charge in [0.1, 0.15) is 5.75 Å². The van der Waals surface area contributed by atoms with Crippen molar-refractivity contribution in [1.82, 2.24) is 20.1 Å². The number of likely N-dealkylation sites (N-methyl/N-ethyl adjacent to an activating group) is 1. The minimum atomic E-state index is -0.0959. The lowest BCUT2D eigenvalue weighted by atomic mass is 10.1. The van der Waals surface area contributed by atoms with E-state index in [1.54, 1.807) is 14.2 Å². The third-order valence-corrected chi connectivity index (χ3v) is 4.27. The highest BCUT2D eigenvalue weighted by Gasteiger charge is 2.13. The van der Waals surface area contributed by atoms with E-state index in [1.165, 1.54) is 0 Å². The molecule has 6 nitrogen and oxygen atoms in total. The predicted octanol–water partition coefficient (Wildman–Crippen LogP) is 1.40. The molecule has 0 aliphatic carbocycles. The molecule has 0 aliphatic heterocycles. The number of hydrogen-bond donors (Lipinski definition) is 2. The van der Waals surface area contributed by atoms with E-state index in [-0.39, 0.29) is 5.56 Å². The largest absolute Gasteiger partial charge is 0.497 e. The Labute approximate surface area is 147 Å². The Morgan fingerprint density at radius 1 is 1.29 bits per heavy atom. The Morgan fingerprint density at radius 2 is 2.04 bits per heavy atom. The van der Waals surface area contributed by atoms with Crippen LogP contribution < -0.4 is 15.6 Å². The lowest BCUT2D eigenvalue weighted by Crippen LogP contribution is -2.42. The van der Waals surface area contributed by atoms with E-state index in [4.69, 9.17) is 17.0 Å². The van der Waals surface area contributed by atoms with Gasteiger partial charge in [0.2, 0.25) is 0 Å². The minimum Gasteiger partial charge on any atom is -0.497 e. The number of fused-ring (bicyclic) bond motifs is 1. The third-order valence-electron chi connectivity index (χ3n) is 3.81. The number of nitrogens with one attached hydrogen (secondary N) is 2. The number of ether oxygens (including phenoxy) is 1. The maximum Gasteiger partial charge on any atom is 0.253 e. The van der Waals surface area contributed by atoms with Gasteiger partial charge in [0.15, 0.2) is 5.11 Å². The molecule has 0 saturated heterocycles. The standard InChI is InChI=1S/C17H24N4O2S/c1-18-17(24)21(8-7-20(2)3)11-13-9-12-10-14(23-4)5-6-15(12)19-16(13)22/h5-6,9-10H,7-8,11H2,1-4H3,(H,18,24)(H,19,22). The number of nitrogens with zero attached hydrogens (tertiary/aromatic N) is 2. The Balaban J connectivity index is 2.32. The molecule has 1 aromatic heterocycles. The first-order chi connectivity index (χ1) is 11.4. The van der Waals surface area contributed by atoms with Crippen LogP contribution in [0.3, 0.4) is 0 Å². The van der Waals surface area contributed by atoms with Gasteiger partial charge in [-0.25, -0.2) is 0 Å². The molecular formula is C17H24N4O2S. The van der Waals surface area contributed by atoms with Crippen LogP contribution in [-0.2, 0) is 6.54 Å². The second-order valence-electron chi connectivity index (χ2n) is 5.86. The fourth-order valence-electron chi connectivity index (χ4n) is 2.41. The highest BCUT2D eigenvalue weighted by Crippen LogP contribution is 2.19. The molecule has 0 fully saturated rings. The molecule has 0 aliphatic rings. The van der Waals surface area contributed by atoms with Crippen molar-refractivity contribution in [3.05, 3.63) is 40.2 Å². The van der Waals surface area contributed by atoms with Crippen LogP contribution in [0.15, 0.2) is 29.1 Å². The number of rotatable bonds is 6. The van der Waals surface area contributed by atoms with Gasteiger partial charge in [-0.05, 0) is 50.6 Å². The van der Waals surface area contributed by atoms with Gasteiger partial charge in [0.05, 0.1) is 13.7 Å². The second-order valence-corrected chi connectivity index (χ2v) is 6.24. The summed E-state index contributed by atoms with van der Waals surface area (Å²) in [5, 5.41) is 4.55. The topological polar surface area (TPSA) is 60.6 Å². The Kier molecular flexibility index (Phi) is 6.16. The molecule has 7 heteroatoms. The van der Waals surface area contributed by atoms with Crippen LogP contribution in [-0.4, -0.2) is 61.2 Å². The van der Waals surface area contributed by atoms with E-state index in [1.807, 2.05) is 43.3 Å². The molecule has 0 saturated carbocycles. The van der Waals surface area contributed by atoms with Gasteiger partial charge in [-0.1, -0.05) is 0 Å². The van der Waals surface area contributed by atoms with Gasteiger partial charge in [-0.2, -0.15) is 0 Å². The SMILES string of the molecule is CNC(=S)N(CCN(C)C)Cc1cc2cc(OC)ccc2[nH]c1=O. The van der Waals surface area contributed by atoms with E-state index in [2.05, 4.69) is 15.2 Å². The number of aromatic nitrogens is 1. The van der Waals surface area contributed by atoms with Crippen LogP contribution in [0.2, 0.25) is 0 Å². The van der Waals surface area contributed by atoms with Crippen molar-refractivity contribution in [2.75, 3.05) is 41.3 Å². The molecule has 1 aromatic carbocycles. The monoisotopic (exact) mass is 348 g/mol. The molecule has 0 spiro atoms. The Morgan fingerprint density at radius 3 is 2.67 bits per heavy atom. The fourth-order valence-corrected chi connectivity index (χ4v) is 2.57. The molecule has 0 atom stereocenters. The minimum absolute atomic E-state index is 0.0959. The number of methoxy groups -OCH3 is 1. The number of pyridine rings is 1. The van der Waals surface area contributed by atoms with Crippen molar-refractivity contribution in [2.24, 2.45) is 0 Å². The Hall–Kier alpha value is -2.12. The van der Waals surface area contributed by atoms with E-state index < -0.39 is 0 Å². The van der Waals surface area contributed by atoms with E-state index in [0.717, 1.165) is 29.7 Å². The summed E-state index contributed by atoms with van der Waals surface area (Å²) in [5.41, 5.74) is 1.37. The number of thiocarbonyl (C=S) groups is 1. The van der Waals surface area contributed by atoms with E-state index >= 15 is 0 Å². The van der Waals surface area contributed by atoms with Crippen molar-refractivity contribution in [3.63, 3.8) is 0 Å². The average Bonchev–Trinajstić information content (AvgIpc) is 2.57. The molecular weight excluding hydrogens is 324 g/mol. The van der Waals surface area contributed by atoms with Gasteiger partial charge in [0.25, 0.3) is 5.56 Å². The van der Waals surface area contributed by atoms with Crippen LogP contribution >= 0.6 is 12.2 Å². The first-order valence-corrected chi connectivity index (χ1v) is 8.16. The molecule has 2 rings (SSSR count). The molecule has 0 unspecified atom stereocenters. The lowest BCUT2D eigenvalue weighted by molar-refractivity contribution is 0.323. The smallest absolute Gasteiger partial charge is 0.253 e. The van der Waals surface area contributed by atoms with Crippen molar-refractivity contribution in [2.45, 2.75) is 6.54 Å². The Bertz CT molecular complexity index is 773. The van der Waals surface area contributed by atoms with Gasteiger partial charge in [0, 0.05) is 36.6 Å². The van der Waals surface area contributed by atoms with E-state index in [9.17, 15) is 4.79 Å². The van der Waals surface area contributed by atoms with Crippen LogP contribution in [0, 0.1) is 0 Å². The van der Waals surface area contributed by atoms with Crippen molar-refractivity contribution < 1.29 is 4.74 Å². The molecule has 0 bridgehead atoms. The normalized spacial score (nSPS) is 10.9. The van der Waals surface area contributed by atoms with Crippen molar-refractivity contribution in [1.29, 1.82) is 0 Å². The van der Waals surface area contributed by atoms with Crippen LogP contribution in [0.1, 0.15) is 5.56 Å². The summed E-state index contributed by atoms with van der Waals surface area (Å²) in [4.78, 5) is 19.4. The molecule has 0 radical (unpaired) electrons. The van der Waals surface area contributed by atoms with Gasteiger partial charge < -0.3 is 24.8 Å². The number of H-pyrrole nitrogens is 1. The van der Waals surface area contributed by atoms with Crippen LogP contribution in [0.25, 0.3) is 10.9 Å². The van der Waals surface area contributed by atoms with Crippen LogP contribution in [0.4, 0.5) is 0 Å². The van der Waals surface area contributed by atoms with Crippen LogP contribution in [0.5, 0.6) is 5.75 Å². The molecule has 2 N–H and O–H groups in total. The molecule has 130 valence electrons. The van der Waals surface area contributed by atoms with Gasteiger partial charge >= 0.3 is 0 Å². The molecule has 1 heterocycles. The summed E-state index contributed by atoms with van der Waals surface area (Å²) in [6, 6.07) is 7.49. The zero-order chi connectivity index (χ0) is 17.7. The quantitative estimate of drug-likeness (QED) is 0.770. The summed E-state index contributed by atoms with van der Waals surface area (Å²) < 4.78 is 5.26. The zero-order valence-electron chi connectivity index (χ0n) is 14.5. The highest BCUT2D eigenvalue weighted by molar-refractivity contribution is 7.80. The molecule has 0 amide bonds. The highest BCUT2D eigenvalue weighted by atomic mass is 32.1. The lowest BCUT2D eigenvalue weighted by Gasteiger charge is -2.26. The van der Waals surface area contributed by atoms with E-state index in [0.29, 0.717) is 17.2 Å². The van der Waals surface area contributed by atoms with Gasteiger partial charge in [-0.3, -0.25) is 4.79 Å². The predicted molar refractivity (Wildman–Crippen MR) is 102 cm³/mol. The second kappa shape index (κ2) is 8.12. The number of benzene rings is 1. The molecule has 24 heavy (non-hydrogen) atoms. The first-order valence-electron chi connectivity index (χ1n) is 7.76. The average molecular weight is 348 g/mol. The maximum absolute atomic E-state index is 12.4. The van der Waals surface area contributed by atoms with Crippen molar-refractivity contribution in [3.8, 4) is 5.75 Å².